The molecule has 0 radical (unpaired) electrons. The molecule has 1 amide bonds. The van der Waals surface area contributed by atoms with E-state index in [1.165, 1.54) is 0 Å². The molecule has 0 spiro atoms. The van der Waals surface area contributed by atoms with Crippen LogP contribution in [0.1, 0.15) is 17.7 Å². The van der Waals surface area contributed by atoms with E-state index in [-0.39, 0.29) is 29.9 Å². The summed E-state index contributed by atoms with van der Waals surface area (Å²) in [4.78, 5) is 24.4. The van der Waals surface area contributed by atoms with Crippen LogP contribution in [-0.2, 0) is 11.3 Å². The number of aliphatic imine (C=N–C) groups is 1. The van der Waals surface area contributed by atoms with Crippen molar-refractivity contribution in [2.75, 3.05) is 18.9 Å². The van der Waals surface area contributed by atoms with Crippen molar-refractivity contribution < 1.29 is 4.79 Å². The predicted octanol–water partition coefficient (Wildman–Crippen LogP) is 2.10. The van der Waals surface area contributed by atoms with Gasteiger partial charge >= 0.3 is 0 Å². The van der Waals surface area contributed by atoms with E-state index in [1.54, 1.807) is 25.5 Å². The van der Waals surface area contributed by atoms with E-state index in [0.29, 0.717) is 31.3 Å². The van der Waals surface area contributed by atoms with E-state index in [1.807, 2.05) is 31.2 Å². The molecule has 0 atom stereocenters. The molecule has 2 aromatic heterocycles. The lowest BCUT2D eigenvalue weighted by Gasteiger charge is -2.11. The minimum atomic E-state index is -0.0981. The standard InChI is InChI=1S/C17H22N6O.HI/c1-13-6-7-15(21-11-13)23-16(24)8-10-20-17(18-2)22-12-14-5-3-4-9-19-14;/h3-7,9,11H,8,10,12H2,1-2H3,(H2,18,20,22)(H,21,23,24);1H. The molecular formula is C17H23IN6O. The zero-order chi connectivity index (χ0) is 17.2. The van der Waals surface area contributed by atoms with Crippen molar-refractivity contribution in [2.24, 2.45) is 4.99 Å². The van der Waals surface area contributed by atoms with Crippen molar-refractivity contribution in [3.8, 4) is 0 Å². The number of hydrogen-bond acceptors (Lipinski definition) is 4. The molecule has 25 heavy (non-hydrogen) atoms. The number of aromatic nitrogens is 2. The summed E-state index contributed by atoms with van der Waals surface area (Å²) in [6.45, 7) is 2.99. The highest BCUT2D eigenvalue weighted by Gasteiger charge is 2.04. The fraction of sp³-hybridized carbons (Fsp3) is 0.294. The van der Waals surface area contributed by atoms with Gasteiger partial charge in [0.25, 0.3) is 0 Å². The smallest absolute Gasteiger partial charge is 0.227 e. The average molecular weight is 454 g/mol. The van der Waals surface area contributed by atoms with Gasteiger partial charge in [-0.15, -0.1) is 24.0 Å². The second-order valence-corrected chi connectivity index (χ2v) is 5.19. The molecule has 7 nitrogen and oxygen atoms in total. The van der Waals surface area contributed by atoms with Gasteiger partial charge in [0.15, 0.2) is 5.96 Å². The Kier molecular flexibility index (Phi) is 9.45. The topological polar surface area (TPSA) is 91.3 Å². The van der Waals surface area contributed by atoms with Gasteiger partial charge in [-0.25, -0.2) is 4.98 Å². The number of amides is 1. The summed E-state index contributed by atoms with van der Waals surface area (Å²) in [6.07, 6.45) is 3.79. The van der Waals surface area contributed by atoms with Crippen LogP contribution in [0, 0.1) is 6.92 Å². The van der Waals surface area contributed by atoms with Gasteiger partial charge in [-0.3, -0.25) is 14.8 Å². The van der Waals surface area contributed by atoms with Gasteiger partial charge in [-0.1, -0.05) is 12.1 Å². The summed E-state index contributed by atoms with van der Waals surface area (Å²) in [7, 11) is 1.68. The van der Waals surface area contributed by atoms with Crippen molar-refractivity contribution in [3.05, 3.63) is 54.0 Å². The molecular weight excluding hydrogens is 431 g/mol. The van der Waals surface area contributed by atoms with Gasteiger partial charge in [-0.2, -0.15) is 0 Å². The number of carbonyl (C=O) groups is 1. The quantitative estimate of drug-likeness (QED) is 0.353. The second kappa shape index (κ2) is 11.3. The maximum Gasteiger partial charge on any atom is 0.227 e. The van der Waals surface area contributed by atoms with Crippen LogP contribution in [0.3, 0.4) is 0 Å². The van der Waals surface area contributed by atoms with Crippen molar-refractivity contribution in [2.45, 2.75) is 19.9 Å². The normalized spacial score (nSPS) is 10.6. The van der Waals surface area contributed by atoms with Gasteiger partial charge in [0.2, 0.25) is 5.91 Å². The molecule has 0 saturated heterocycles. The number of nitrogens with one attached hydrogen (secondary N) is 3. The van der Waals surface area contributed by atoms with Crippen molar-refractivity contribution in [1.29, 1.82) is 0 Å². The van der Waals surface area contributed by atoms with Gasteiger partial charge in [0, 0.05) is 32.4 Å². The molecule has 0 aliphatic heterocycles. The van der Waals surface area contributed by atoms with Gasteiger partial charge in [-0.05, 0) is 30.7 Å². The third-order valence-corrected chi connectivity index (χ3v) is 3.21. The number of rotatable bonds is 6. The van der Waals surface area contributed by atoms with Crippen LogP contribution < -0.4 is 16.0 Å². The highest BCUT2D eigenvalue weighted by Crippen LogP contribution is 2.03. The zero-order valence-electron chi connectivity index (χ0n) is 14.3. The summed E-state index contributed by atoms with van der Waals surface area (Å²) in [5.74, 6) is 1.09. The molecule has 2 aromatic rings. The summed E-state index contributed by atoms with van der Waals surface area (Å²) in [6, 6.07) is 9.43. The molecule has 0 aliphatic rings. The largest absolute Gasteiger partial charge is 0.356 e. The summed E-state index contributed by atoms with van der Waals surface area (Å²) in [5, 5.41) is 9.00. The molecule has 134 valence electrons. The number of halogens is 1. The van der Waals surface area contributed by atoms with E-state index in [0.717, 1.165) is 11.3 Å². The van der Waals surface area contributed by atoms with Crippen LogP contribution in [0.25, 0.3) is 0 Å². The monoisotopic (exact) mass is 454 g/mol. The SMILES string of the molecule is CN=C(NCCC(=O)Nc1ccc(C)cn1)NCc1ccccn1.I. The number of guanidine groups is 1. The molecule has 0 unspecified atom stereocenters. The first-order valence-electron chi connectivity index (χ1n) is 7.74. The Morgan fingerprint density at radius 3 is 2.64 bits per heavy atom. The van der Waals surface area contributed by atoms with Crippen LogP contribution in [0.15, 0.2) is 47.7 Å². The van der Waals surface area contributed by atoms with E-state index >= 15 is 0 Å². The van der Waals surface area contributed by atoms with Crippen LogP contribution in [0.2, 0.25) is 0 Å². The molecule has 0 bridgehead atoms. The third kappa shape index (κ3) is 7.92. The molecule has 2 rings (SSSR count). The maximum atomic E-state index is 11.9. The number of aryl methyl sites for hydroxylation is 1. The summed E-state index contributed by atoms with van der Waals surface area (Å²) >= 11 is 0. The lowest BCUT2D eigenvalue weighted by molar-refractivity contribution is -0.116. The molecule has 3 N–H and O–H groups in total. The Balaban J connectivity index is 0.00000312. The van der Waals surface area contributed by atoms with Crippen LogP contribution in [-0.4, -0.2) is 35.4 Å². The Hall–Kier alpha value is -2.23. The first kappa shape index (κ1) is 20.8. The lowest BCUT2D eigenvalue weighted by Crippen LogP contribution is -2.38. The van der Waals surface area contributed by atoms with Crippen molar-refractivity contribution in [1.82, 2.24) is 20.6 Å². The summed E-state index contributed by atoms with van der Waals surface area (Å²) < 4.78 is 0. The van der Waals surface area contributed by atoms with E-state index in [9.17, 15) is 4.79 Å². The first-order valence-corrected chi connectivity index (χ1v) is 7.74. The zero-order valence-corrected chi connectivity index (χ0v) is 16.7. The number of anilines is 1. The lowest BCUT2D eigenvalue weighted by atomic mass is 10.3. The fourth-order valence-corrected chi connectivity index (χ4v) is 1.94. The minimum Gasteiger partial charge on any atom is -0.356 e. The average Bonchev–Trinajstić information content (AvgIpc) is 2.61. The molecule has 2 heterocycles. The number of carbonyl (C=O) groups excluding carboxylic acids is 1. The molecule has 8 heteroatoms. The van der Waals surface area contributed by atoms with Crippen molar-refractivity contribution >= 4 is 41.7 Å². The van der Waals surface area contributed by atoms with Crippen molar-refractivity contribution in [3.63, 3.8) is 0 Å². The fourth-order valence-electron chi connectivity index (χ4n) is 1.94. The van der Waals surface area contributed by atoms with Gasteiger partial charge < -0.3 is 16.0 Å². The number of hydrogen-bond donors (Lipinski definition) is 3. The number of pyridine rings is 2. The molecule has 0 aromatic carbocycles. The third-order valence-electron chi connectivity index (χ3n) is 3.21. The van der Waals surface area contributed by atoms with Gasteiger partial charge in [0.1, 0.15) is 5.82 Å². The highest BCUT2D eigenvalue weighted by atomic mass is 127. The Labute approximate surface area is 164 Å². The number of nitrogens with zero attached hydrogens (tertiary/aromatic N) is 3. The van der Waals surface area contributed by atoms with Crippen LogP contribution in [0.5, 0.6) is 0 Å². The molecule has 0 fully saturated rings. The van der Waals surface area contributed by atoms with Crippen LogP contribution >= 0.6 is 24.0 Å². The van der Waals surface area contributed by atoms with E-state index in [2.05, 4.69) is 30.9 Å². The first-order chi connectivity index (χ1) is 11.7. The van der Waals surface area contributed by atoms with E-state index in [4.69, 9.17) is 0 Å². The predicted molar refractivity (Wildman–Crippen MR) is 110 cm³/mol. The molecule has 0 aliphatic carbocycles. The Morgan fingerprint density at radius 2 is 2.00 bits per heavy atom. The van der Waals surface area contributed by atoms with Gasteiger partial charge in [0.05, 0.1) is 12.2 Å². The minimum absolute atomic E-state index is 0. The van der Waals surface area contributed by atoms with Crippen LogP contribution in [0.4, 0.5) is 5.82 Å². The highest BCUT2D eigenvalue weighted by molar-refractivity contribution is 14.0. The Bertz CT molecular complexity index is 675. The summed E-state index contributed by atoms with van der Waals surface area (Å²) in [5.41, 5.74) is 1.97. The Morgan fingerprint density at radius 1 is 1.16 bits per heavy atom. The maximum absolute atomic E-state index is 11.9. The van der Waals surface area contributed by atoms with E-state index < -0.39 is 0 Å². The second-order valence-electron chi connectivity index (χ2n) is 5.19. The molecule has 0 saturated carbocycles.